The normalized spacial score (nSPS) is 22.6. The molecule has 128 valence electrons. The van der Waals surface area contributed by atoms with Gasteiger partial charge in [-0.25, -0.2) is 4.79 Å². The first kappa shape index (κ1) is 17.0. The highest BCUT2D eigenvalue weighted by Gasteiger charge is 2.52. The molecule has 1 aromatic rings. The van der Waals surface area contributed by atoms with Gasteiger partial charge in [-0.3, -0.25) is 4.79 Å². The van der Waals surface area contributed by atoms with Crippen LogP contribution in [0.5, 0.6) is 0 Å². The third-order valence-corrected chi connectivity index (χ3v) is 5.32. The molecule has 1 atom stereocenters. The van der Waals surface area contributed by atoms with E-state index in [0.717, 1.165) is 11.0 Å². The van der Waals surface area contributed by atoms with E-state index in [4.69, 9.17) is 14.4 Å². The first-order valence-electron chi connectivity index (χ1n) is 8.06. The van der Waals surface area contributed by atoms with Gasteiger partial charge in [0.1, 0.15) is 6.04 Å². The number of carboxylic acid groups (broad SMARTS) is 1. The summed E-state index contributed by atoms with van der Waals surface area (Å²) in [7, 11) is -0.543. The SMILES string of the molecule is C[C@H](C(=O)O)N1Cc2ccc(B3OC(C)(C)C(C)(C)O3)cc2C1=O. The van der Waals surface area contributed by atoms with E-state index in [-0.39, 0.29) is 5.91 Å². The first-order valence-corrected chi connectivity index (χ1v) is 8.06. The van der Waals surface area contributed by atoms with E-state index in [1.54, 1.807) is 6.07 Å². The molecule has 1 fully saturated rings. The molecule has 2 aliphatic heterocycles. The maximum Gasteiger partial charge on any atom is 0.494 e. The van der Waals surface area contributed by atoms with Gasteiger partial charge in [0.25, 0.3) is 5.91 Å². The molecule has 0 unspecified atom stereocenters. The summed E-state index contributed by atoms with van der Waals surface area (Å²) >= 11 is 0. The lowest BCUT2D eigenvalue weighted by Gasteiger charge is -2.32. The van der Waals surface area contributed by atoms with Crippen LogP contribution in [0, 0.1) is 0 Å². The van der Waals surface area contributed by atoms with Crippen LogP contribution in [0.3, 0.4) is 0 Å². The fourth-order valence-corrected chi connectivity index (χ4v) is 2.91. The Bertz CT molecular complexity index is 699. The zero-order valence-corrected chi connectivity index (χ0v) is 14.6. The Kier molecular flexibility index (Phi) is 3.77. The predicted molar refractivity (Wildman–Crippen MR) is 89.1 cm³/mol. The Morgan fingerprint density at radius 2 is 1.83 bits per heavy atom. The highest BCUT2D eigenvalue weighted by molar-refractivity contribution is 6.62. The van der Waals surface area contributed by atoms with Gasteiger partial charge in [0.05, 0.1) is 11.2 Å². The van der Waals surface area contributed by atoms with Gasteiger partial charge in [0, 0.05) is 12.1 Å². The van der Waals surface area contributed by atoms with Crippen molar-refractivity contribution in [1.82, 2.24) is 4.90 Å². The Hall–Kier alpha value is -1.86. The van der Waals surface area contributed by atoms with Crippen LogP contribution < -0.4 is 5.46 Å². The number of benzene rings is 1. The summed E-state index contributed by atoms with van der Waals surface area (Å²) in [6.45, 7) is 9.72. The molecule has 1 saturated heterocycles. The zero-order chi connectivity index (χ0) is 17.9. The molecule has 3 rings (SSSR count). The topological polar surface area (TPSA) is 76.1 Å². The third kappa shape index (κ3) is 2.52. The molecule has 0 aromatic heterocycles. The minimum Gasteiger partial charge on any atom is -0.480 e. The summed E-state index contributed by atoms with van der Waals surface area (Å²) in [6, 6.07) is 4.63. The summed E-state index contributed by atoms with van der Waals surface area (Å²) < 4.78 is 12.0. The monoisotopic (exact) mass is 331 g/mol. The fourth-order valence-electron chi connectivity index (χ4n) is 2.91. The first-order chi connectivity index (χ1) is 11.0. The van der Waals surface area contributed by atoms with Crippen LogP contribution in [0.25, 0.3) is 0 Å². The Morgan fingerprint density at radius 3 is 2.38 bits per heavy atom. The van der Waals surface area contributed by atoms with Crippen LogP contribution in [-0.4, -0.2) is 46.2 Å². The van der Waals surface area contributed by atoms with Crippen molar-refractivity contribution in [1.29, 1.82) is 0 Å². The predicted octanol–water partition coefficient (Wildman–Crippen LogP) is 1.41. The molecule has 1 aromatic carbocycles. The van der Waals surface area contributed by atoms with Crippen molar-refractivity contribution in [3.8, 4) is 0 Å². The van der Waals surface area contributed by atoms with Gasteiger partial charge in [-0.15, -0.1) is 0 Å². The molecule has 6 nitrogen and oxygen atoms in total. The van der Waals surface area contributed by atoms with E-state index in [1.165, 1.54) is 11.8 Å². The highest BCUT2D eigenvalue weighted by Crippen LogP contribution is 2.36. The van der Waals surface area contributed by atoms with Crippen molar-refractivity contribution in [3.05, 3.63) is 29.3 Å². The average molecular weight is 331 g/mol. The molecule has 0 spiro atoms. The lowest BCUT2D eigenvalue weighted by atomic mass is 9.78. The molecule has 1 amide bonds. The number of carbonyl (C=O) groups excluding carboxylic acids is 1. The minimum absolute atomic E-state index is 0.265. The molecular weight excluding hydrogens is 309 g/mol. The second kappa shape index (κ2) is 5.32. The summed E-state index contributed by atoms with van der Waals surface area (Å²) in [5.74, 6) is -1.28. The van der Waals surface area contributed by atoms with Gasteiger partial charge in [-0.05, 0) is 51.7 Å². The Balaban J connectivity index is 1.88. The molecule has 0 radical (unpaired) electrons. The van der Waals surface area contributed by atoms with Crippen LogP contribution >= 0.6 is 0 Å². The number of fused-ring (bicyclic) bond motifs is 1. The van der Waals surface area contributed by atoms with Gasteiger partial charge >= 0.3 is 13.1 Å². The lowest BCUT2D eigenvalue weighted by molar-refractivity contribution is -0.141. The lowest BCUT2D eigenvalue weighted by Crippen LogP contribution is -2.41. The second-order valence-corrected chi connectivity index (χ2v) is 7.45. The fraction of sp³-hybridized carbons (Fsp3) is 0.529. The summed E-state index contributed by atoms with van der Waals surface area (Å²) in [5, 5.41) is 9.15. The Morgan fingerprint density at radius 1 is 1.25 bits per heavy atom. The van der Waals surface area contributed by atoms with Crippen LogP contribution in [0.4, 0.5) is 0 Å². The number of carboxylic acids is 1. The quantitative estimate of drug-likeness (QED) is 0.848. The van der Waals surface area contributed by atoms with E-state index in [0.29, 0.717) is 12.1 Å². The van der Waals surface area contributed by atoms with Crippen molar-refractivity contribution >= 4 is 24.5 Å². The van der Waals surface area contributed by atoms with Crippen molar-refractivity contribution in [2.24, 2.45) is 0 Å². The Labute approximate surface area is 141 Å². The smallest absolute Gasteiger partial charge is 0.480 e. The molecule has 0 aliphatic carbocycles. The van der Waals surface area contributed by atoms with Crippen molar-refractivity contribution in [2.75, 3.05) is 0 Å². The van der Waals surface area contributed by atoms with E-state index in [2.05, 4.69) is 0 Å². The number of amides is 1. The minimum atomic E-state index is -1.01. The number of rotatable bonds is 3. The van der Waals surface area contributed by atoms with Crippen LogP contribution in [0.1, 0.15) is 50.5 Å². The van der Waals surface area contributed by atoms with E-state index < -0.39 is 30.3 Å². The van der Waals surface area contributed by atoms with E-state index >= 15 is 0 Å². The summed E-state index contributed by atoms with van der Waals surface area (Å²) in [4.78, 5) is 25.1. The van der Waals surface area contributed by atoms with Gasteiger partial charge in [0.2, 0.25) is 0 Å². The summed E-state index contributed by atoms with van der Waals surface area (Å²) in [5.41, 5.74) is 1.21. The summed E-state index contributed by atoms with van der Waals surface area (Å²) in [6.07, 6.45) is 0. The molecule has 2 heterocycles. The van der Waals surface area contributed by atoms with Gasteiger partial charge in [0.15, 0.2) is 0 Å². The standard InChI is InChI=1S/C17H22BNO5/c1-10(15(21)22)19-9-11-6-7-12(8-13(11)14(19)20)18-23-16(2,3)17(4,5)24-18/h6-8,10H,9H2,1-5H3,(H,21,22)/t10-/m1/s1. The maximum atomic E-state index is 12.5. The van der Waals surface area contributed by atoms with Crippen molar-refractivity contribution < 1.29 is 24.0 Å². The van der Waals surface area contributed by atoms with Gasteiger partial charge in [-0.2, -0.15) is 0 Å². The molecule has 2 aliphatic rings. The van der Waals surface area contributed by atoms with Crippen molar-refractivity contribution in [3.63, 3.8) is 0 Å². The zero-order valence-electron chi connectivity index (χ0n) is 14.6. The maximum absolute atomic E-state index is 12.5. The highest BCUT2D eigenvalue weighted by atomic mass is 16.7. The molecule has 0 bridgehead atoms. The van der Waals surface area contributed by atoms with Crippen LogP contribution in [0.2, 0.25) is 0 Å². The van der Waals surface area contributed by atoms with Crippen molar-refractivity contribution in [2.45, 2.75) is 58.4 Å². The van der Waals surface area contributed by atoms with Gasteiger partial charge < -0.3 is 19.3 Å². The number of hydrogen-bond donors (Lipinski definition) is 1. The van der Waals surface area contributed by atoms with E-state index in [1.807, 2.05) is 39.8 Å². The average Bonchev–Trinajstić information content (AvgIpc) is 2.92. The number of nitrogens with zero attached hydrogens (tertiary/aromatic N) is 1. The number of aliphatic carboxylic acids is 1. The molecule has 24 heavy (non-hydrogen) atoms. The number of hydrogen-bond acceptors (Lipinski definition) is 4. The molecule has 0 saturated carbocycles. The molecular formula is C17H22BNO5. The molecule has 1 N–H and O–H groups in total. The molecule has 7 heteroatoms. The second-order valence-electron chi connectivity index (χ2n) is 7.45. The number of carbonyl (C=O) groups is 2. The van der Waals surface area contributed by atoms with E-state index in [9.17, 15) is 9.59 Å². The van der Waals surface area contributed by atoms with Gasteiger partial charge in [-0.1, -0.05) is 12.1 Å². The largest absolute Gasteiger partial charge is 0.494 e. The van der Waals surface area contributed by atoms with Crippen LogP contribution in [-0.2, 0) is 20.6 Å². The van der Waals surface area contributed by atoms with Crippen LogP contribution in [0.15, 0.2) is 18.2 Å². The third-order valence-electron chi connectivity index (χ3n) is 5.32.